The summed E-state index contributed by atoms with van der Waals surface area (Å²) in [5.74, 6) is 0.812. The lowest BCUT2D eigenvalue weighted by Gasteiger charge is -2.06. The van der Waals surface area contributed by atoms with Crippen molar-refractivity contribution in [3.05, 3.63) is 64.6 Å². The molecule has 1 saturated carbocycles. The lowest BCUT2D eigenvalue weighted by Crippen LogP contribution is -2.08. The number of aliphatic hydroxyl groups excluding tert-OH is 1. The smallest absolute Gasteiger partial charge is 0.372 e. The molecule has 9 nitrogen and oxygen atoms in total. The number of aromatic nitrogens is 1. The molecular weight excluding hydrogens is 462 g/mol. The van der Waals surface area contributed by atoms with E-state index in [1.54, 1.807) is 48.5 Å². The molecule has 0 spiro atoms. The summed E-state index contributed by atoms with van der Waals surface area (Å²) in [4.78, 5) is 29.0. The third-order valence-electron chi connectivity index (χ3n) is 5.14. The Kier molecular flexibility index (Phi) is 6.43. The van der Waals surface area contributed by atoms with Gasteiger partial charge in [0, 0.05) is 5.92 Å². The molecule has 1 aromatic heterocycles. The van der Waals surface area contributed by atoms with Gasteiger partial charge in [0.05, 0.1) is 25.5 Å². The first-order valence-corrected chi connectivity index (χ1v) is 11.5. The van der Waals surface area contributed by atoms with Crippen LogP contribution in [0.3, 0.4) is 0 Å². The second-order valence-electron chi connectivity index (χ2n) is 7.89. The van der Waals surface area contributed by atoms with Gasteiger partial charge >= 0.3 is 11.9 Å². The van der Waals surface area contributed by atoms with Crippen molar-refractivity contribution in [1.82, 2.24) is 4.98 Å². The average molecular weight is 483 g/mol. The number of thiazole rings is 1. The second kappa shape index (κ2) is 9.80. The van der Waals surface area contributed by atoms with Crippen molar-refractivity contribution in [2.45, 2.75) is 18.6 Å². The summed E-state index contributed by atoms with van der Waals surface area (Å²) in [6.45, 7) is 1.66. The van der Waals surface area contributed by atoms with E-state index in [4.69, 9.17) is 23.7 Å². The molecule has 2 aromatic carbocycles. The van der Waals surface area contributed by atoms with E-state index in [9.17, 15) is 14.7 Å². The van der Waals surface area contributed by atoms with Crippen LogP contribution in [0.15, 0.2) is 54.7 Å². The van der Waals surface area contributed by atoms with Crippen molar-refractivity contribution in [3.63, 3.8) is 0 Å². The van der Waals surface area contributed by atoms with Crippen LogP contribution in [0.5, 0.6) is 23.0 Å². The standard InChI is InChI=1S/C24H21NO8S/c26-20-9-14(20)11-29-15-1-7-18(8-2-15)33-24(28)22-25-10-21(34-22)23(27)32-17-5-3-16(4-6-17)30-12-19-13-31-19/h1-8,10,14,19-20,26H,9,11-13H2. The Labute approximate surface area is 198 Å². The zero-order valence-electron chi connectivity index (χ0n) is 17.9. The van der Waals surface area contributed by atoms with Crippen LogP contribution in [0.1, 0.15) is 25.9 Å². The van der Waals surface area contributed by atoms with Gasteiger partial charge in [-0.15, -0.1) is 11.3 Å². The number of hydrogen-bond donors (Lipinski definition) is 1. The third-order valence-corrected chi connectivity index (χ3v) is 6.10. The monoisotopic (exact) mass is 483 g/mol. The maximum absolute atomic E-state index is 12.4. The first-order valence-electron chi connectivity index (χ1n) is 10.7. The molecule has 0 bridgehead atoms. The molecule has 1 saturated heterocycles. The molecule has 2 heterocycles. The van der Waals surface area contributed by atoms with Gasteiger partial charge in [-0.05, 0) is 55.0 Å². The molecule has 34 heavy (non-hydrogen) atoms. The van der Waals surface area contributed by atoms with Crippen LogP contribution < -0.4 is 18.9 Å². The highest BCUT2D eigenvalue weighted by molar-refractivity contribution is 7.15. The van der Waals surface area contributed by atoms with Gasteiger partial charge in [0.1, 0.15) is 40.6 Å². The summed E-state index contributed by atoms with van der Waals surface area (Å²) in [5.41, 5.74) is 0. The average Bonchev–Trinajstić information content (AvgIpc) is 3.75. The van der Waals surface area contributed by atoms with Gasteiger partial charge in [-0.1, -0.05) is 0 Å². The van der Waals surface area contributed by atoms with Gasteiger partial charge in [-0.3, -0.25) is 0 Å². The molecule has 3 atom stereocenters. The van der Waals surface area contributed by atoms with Crippen LogP contribution in [-0.2, 0) is 4.74 Å². The minimum Gasteiger partial charge on any atom is -0.493 e. The fourth-order valence-electron chi connectivity index (χ4n) is 2.95. The van der Waals surface area contributed by atoms with Crippen LogP contribution in [0, 0.1) is 5.92 Å². The number of nitrogens with zero attached hydrogens (tertiary/aromatic N) is 1. The van der Waals surface area contributed by atoms with Crippen molar-refractivity contribution in [1.29, 1.82) is 0 Å². The predicted octanol–water partition coefficient (Wildman–Crippen LogP) is 3.12. The minimum atomic E-state index is -0.681. The van der Waals surface area contributed by atoms with Crippen LogP contribution in [0.2, 0.25) is 0 Å². The van der Waals surface area contributed by atoms with E-state index >= 15 is 0 Å². The van der Waals surface area contributed by atoms with Gasteiger partial charge in [0.25, 0.3) is 0 Å². The van der Waals surface area contributed by atoms with Crippen molar-refractivity contribution in [3.8, 4) is 23.0 Å². The van der Waals surface area contributed by atoms with Crippen LogP contribution in [0.4, 0.5) is 0 Å². The first-order chi connectivity index (χ1) is 16.5. The van der Waals surface area contributed by atoms with Gasteiger partial charge in [-0.25, -0.2) is 14.6 Å². The van der Waals surface area contributed by atoms with E-state index in [-0.39, 0.29) is 28.0 Å². The molecule has 10 heteroatoms. The molecule has 2 fully saturated rings. The molecule has 1 aliphatic carbocycles. The Morgan fingerprint density at radius 1 is 0.912 bits per heavy atom. The van der Waals surface area contributed by atoms with E-state index in [1.165, 1.54) is 6.20 Å². The number of epoxide rings is 1. The summed E-state index contributed by atoms with van der Waals surface area (Å²) in [6, 6.07) is 13.2. The van der Waals surface area contributed by atoms with Crippen LogP contribution in [-0.4, -0.2) is 54.1 Å². The van der Waals surface area contributed by atoms with Gasteiger partial charge in [0.2, 0.25) is 5.01 Å². The number of rotatable bonds is 10. The lowest BCUT2D eigenvalue weighted by atomic mass is 10.3. The van der Waals surface area contributed by atoms with E-state index in [0.29, 0.717) is 42.8 Å². The van der Waals surface area contributed by atoms with E-state index < -0.39 is 11.9 Å². The Balaban J connectivity index is 1.11. The lowest BCUT2D eigenvalue weighted by molar-refractivity contribution is 0.0727. The first kappa shape index (κ1) is 22.3. The number of aliphatic hydroxyl groups is 1. The number of ether oxygens (including phenoxy) is 5. The number of carbonyl (C=O) groups excluding carboxylic acids is 2. The molecular formula is C24H21NO8S. The van der Waals surface area contributed by atoms with E-state index in [0.717, 1.165) is 17.8 Å². The Hall–Kier alpha value is -3.47. The maximum Gasteiger partial charge on any atom is 0.372 e. The number of hydrogen-bond acceptors (Lipinski definition) is 10. The molecule has 3 aromatic rings. The summed E-state index contributed by atoms with van der Waals surface area (Å²) in [6.07, 6.45) is 1.93. The van der Waals surface area contributed by atoms with Gasteiger partial charge < -0.3 is 28.8 Å². The molecule has 1 aliphatic heterocycles. The topological polar surface area (TPSA) is 117 Å². The highest BCUT2D eigenvalue weighted by Crippen LogP contribution is 2.31. The quantitative estimate of drug-likeness (QED) is 0.264. The third kappa shape index (κ3) is 5.90. The molecule has 176 valence electrons. The number of carbonyl (C=O) groups is 2. The fraction of sp³-hybridized carbons (Fsp3) is 0.292. The summed E-state index contributed by atoms with van der Waals surface area (Å²) in [7, 11) is 0. The highest BCUT2D eigenvalue weighted by Gasteiger charge is 2.35. The van der Waals surface area contributed by atoms with Gasteiger partial charge in [-0.2, -0.15) is 0 Å². The maximum atomic E-state index is 12.4. The van der Waals surface area contributed by atoms with Crippen molar-refractivity contribution < 1.29 is 38.4 Å². The molecule has 0 amide bonds. The van der Waals surface area contributed by atoms with Gasteiger partial charge in [0.15, 0.2) is 0 Å². The van der Waals surface area contributed by atoms with E-state index in [1.807, 2.05) is 0 Å². The number of benzene rings is 2. The summed E-state index contributed by atoms with van der Waals surface area (Å²) in [5, 5.41) is 9.36. The molecule has 3 unspecified atom stereocenters. The second-order valence-corrected chi connectivity index (χ2v) is 8.92. The normalized spacial score (nSPS) is 20.3. The summed E-state index contributed by atoms with van der Waals surface area (Å²) >= 11 is 0.883. The van der Waals surface area contributed by atoms with Crippen molar-refractivity contribution >= 4 is 23.3 Å². The zero-order valence-corrected chi connectivity index (χ0v) is 18.7. The zero-order chi connectivity index (χ0) is 23.5. The molecule has 2 aliphatic rings. The molecule has 5 rings (SSSR count). The number of esters is 2. The van der Waals surface area contributed by atoms with Crippen LogP contribution in [0.25, 0.3) is 0 Å². The van der Waals surface area contributed by atoms with Crippen molar-refractivity contribution in [2.24, 2.45) is 5.92 Å². The Morgan fingerprint density at radius 2 is 1.44 bits per heavy atom. The summed E-state index contributed by atoms with van der Waals surface area (Å²) < 4.78 is 26.9. The molecule has 1 N–H and O–H groups in total. The Morgan fingerprint density at radius 3 is 2.00 bits per heavy atom. The van der Waals surface area contributed by atoms with Crippen molar-refractivity contribution in [2.75, 3.05) is 19.8 Å². The fourth-order valence-corrected chi connectivity index (χ4v) is 3.62. The van der Waals surface area contributed by atoms with Crippen LogP contribution >= 0.6 is 11.3 Å². The molecule has 0 radical (unpaired) electrons. The van der Waals surface area contributed by atoms with E-state index in [2.05, 4.69) is 4.98 Å². The SMILES string of the molecule is O=C(Oc1ccc(OCC2CO2)cc1)c1cnc(C(=O)Oc2ccc(OCC3CC3O)cc2)s1. The minimum absolute atomic E-state index is 0.0287. The largest absolute Gasteiger partial charge is 0.493 e. The highest BCUT2D eigenvalue weighted by atomic mass is 32.1. The Bertz CT molecular complexity index is 1160. The predicted molar refractivity (Wildman–Crippen MR) is 120 cm³/mol.